The van der Waals surface area contributed by atoms with Gasteiger partial charge in [-0.25, -0.2) is 12.8 Å². The molecule has 0 amide bonds. The van der Waals surface area contributed by atoms with Gasteiger partial charge in [0, 0.05) is 13.1 Å². The largest absolute Gasteiger partial charge is 0.387 e. The molecule has 1 heterocycles. The van der Waals surface area contributed by atoms with Crippen molar-refractivity contribution in [2.45, 2.75) is 18.3 Å². The van der Waals surface area contributed by atoms with E-state index in [0.29, 0.717) is 5.56 Å². The third-order valence-electron chi connectivity index (χ3n) is 2.69. The second-order valence-corrected chi connectivity index (χ2v) is 6.62. The number of sulfonamides is 1. The number of aliphatic hydroxyl groups is 1. The Morgan fingerprint density at radius 1 is 1.35 bits per heavy atom. The van der Waals surface area contributed by atoms with E-state index in [1.54, 1.807) is 6.92 Å². The molecule has 0 atom stereocenters. The summed E-state index contributed by atoms with van der Waals surface area (Å²) in [6.45, 7) is 1.84. The summed E-state index contributed by atoms with van der Waals surface area (Å²) in [7, 11) is -3.41. The molecule has 6 heteroatoms. The molecule has 4 nitrogen and oxygen atoms in total. The number of β-amino-alcohol motifs (C(OH)–C–C–N with tert-alkyl or cyclic N) is 1. The van der Waals surface area contributed by atoms with E-state index in [4.69, 9.17) is 0 Å². The first-order chi connectivity index (χ1) is 7.78. The second kappa shape index (κ2) is 4.04. The lowest BCUT2D eigenvalue weighted by Crippen LogP contribution is -2.61. The van der Waals surface area contributed by atoms with Gasteiger partial charge in [0.1, 0.15) is 5.82 Å². The molecule has 1 aromatic rings. The fraction of sp³-hybridized carbons (Fsp3) is 0.455. The van der Waals surface area contributed by atoms with Crippen molar-refractivity contribution in [1.82, 2.24) is 4.31 Å². The van der Waals surface area contributed by atoms with Crippen molar-refractivity contribution in [3.8, 4) is 0 Å². The van der Waals surface area contributed by atoms with Crippen LogP contribution in [-0.2, 0) is 15.8 Å². The highest BCUT2D eigenvalue weighted by molar-refractivity contribution is 7.88. The van der Waals surface area contributed by atoms with E-state index >= 15 is 0 Å². The van der Waals surface area contributed by atoms with Crippen LogP contribution in [0.25, 0.3) is 0 Å². The molecule has 2 rings (SSSR count). The summed E-state index contributed by atoms with van der Waals surface area (Å²) >= 11 is 0. The van der Waals surface area contributed by atoms with Gasteiger partial charge in [0.2, 0.25) is 10.0 Å². The van der Waals surface area contributed by atoms with Gasteiger partial charge in [0.15, 0.2) is 0 Å². The molecule has 0 radical (unpaired) electrons. The fourth-order valence-corrected chi connectivity index (χ4v) is 3.54. The van der Waals surface area contributed by atoms with E-state index in [1.165, 1.54) is 28.6 Å². The lowest BCUT2D eigenvalue weighted by molar-refractivity contribution is -0.0427. The first-order valence-electron chi connectivity index (χ1n) is 5.23. The summed E-state index contributed by atoms with van der Waals surface area (Å²) in [5.74, 6) is -0.554. The fourth-order valence-electron chi connectivity index (χ4n) is 1.79. The van der Waals surface area contributed by atoms with Crippen LogP contribution in [0.3, 0.4) is 0 Å². The third kappa shape index (κ3) is 2.83. The van der Waals surface area contributed by atoms with Gasteiger partial charge in [0.25, 0.3) is 0 Å². The van der Waals surface area contributed by atoms with Crippen LogP contribution in [0.5, 0.6) is 0 Å². The van der Waals surface area contributed by atoms with E-state index in [2.05, 4.69) is 0 Å². The minimum absolute atomic E-state index is 0.122. The van der Waals surface area contributed by atoms with Crippen LogP contribution in [0.4, 0.5) is 4.39 Å². The lowest BCUT2D eigenvalue weighted by Gasteiger charge is -2.42. The normalized spacial score (nSPS) is 19.9. The Kier molecular flexibility index (Phi) is 2.97. The van der Waals surface area contributed by atoms with Crippen LogP contribution in [0.15, 0.2) is 24.3 Å². The van der Waals surface area contributed by atoms with Gasteiger partial charge in [-0.2, -0.15) is 4.31 Å². The number of halogens is 1. The molecular weight excluding hydrogens is 245 g/mol. The maximum atomic E-state index is 12.7. The smallest absolute Gasteiger partial charge is 0.218 e. The molecule has 0 spiro atoms. The number of rotatable bonds is 3. The number of hydrogen-bond acceptors (Lipinski definition) is 3. The maximum Gasteiger partial charge on any atom is 0.218 e. The molecule has 0 unspecified atom stereocenters. The van der Waals surface area contributed by atoms with Crippen molar-refractivity contribution in [2.75, 3.05) is 13.1 Å². The van der Waals surface area contributed by atoms with Gasteiger partial charge >= 0.3 is 0 Å². The minimum atomic E-state index is -3.41. The molecule has 1 saturated heterocycles. The van der Waals surface area contributed by atoms with Crippen molar-refractivity contribution in [2.24, 2.45) is 0 Å². The average Bonchev–Trinajstić information content (AvgIpc) is 2.18. The molecule has 1 aliphatic rings. The van der Waals surface area contributed by atoms with Gasteiger partial charge in [-0.1, -0.05) is 12.1 Å². The van der Waals surface area contributed by atoms with Gasteiger partial charge < -0.3 is 5.11 Å². The SMILES string of the molecule is CC1(O)CN(S(=O)(=O)Cc2ccc(F)cc2)C1. The molecule has 1 N–H and O–H groups in total. The van der Waals surface area contributed by atoms with E-state index in [0.717, 1.165) is 0 Å². The highest BCUT2D eigenvalue weighted by Gasteiger charge is 2.43. The Hall–Kier alpha value is -0.980. The zero-order chi connectivity index (χ0) is 12.7. The molecule has 0 aromatic heterocycles. The lowest BCUT2D eigenvalue weighted by atomic mass is 10.0. The highest BCUT2D eigenvalue weighted by Crippen LogP contribution is 2.25. The Balaban J connectivity index is 2.06. The number of benzene rings is 1. The molecule has 94 valence electrons. The van der Waals surface area contributed by atoms with E-state index in [9.17, 15) is 17.9 Å². The summed E-state index contributed by atoms with van der Waals surface area (Å²) in [5.41, 5.74) is -0.381. The Labute approximate surface area is 99.7 Å². The second-order valence-electron chi connectivity index (χ2n) is 4.65. The van der Waals surface area contributed by atoms with Gasteiger partial charge in [-0.15, -0.1) is 0 Å². The van der Waals surface area contributed by atoms with Crippen molar-refractivity contribution >= 4 is 10.0 Å². The molecule has 1 aromatic carbocycles. The summed E-state index contributed by atoms with van der Waals surface area (Å²) in [5, 5.41) is 9.49. The van der Waals surface area contributed by atoms with Crippen LogP contribution in [0, 0.1) is 5.82 Å². The predicted molar refractivity (Wildman–Crippen MR) is 61.2 cm³/mol. The topological polar surface area (TPSA) is 57.6 Å². The Bertz CT molecular complexity index is 502. The van der Waals surface area contributed by atoms with Crippen LogP contribution in [-0.4, -0.2) is 36.5 Å². The average molecular weight is 259 g/mol. The third-order valence-corrected chi connectivity index (χ3v) is 4.43. The molecular formula is C11H14FNO3S. The van der Waals surface area contributed by atoms with Crippen molar-refractivity contribution in [3.63, 3.8) is 0 Å². The number of hydrogen-bond donors (Lipinski definition) is 1. The van der Waals surface area contributed by atoms with Crippen LogP contribution >= 0.6 is 0 Å². The summed E-state index contributed by atoms with van der Waals surface area (Å²) in [6, 6.07) is 5.36. The van der Waals surface area contributed by atoms with Crippen molar-refractivity contribution < 1.29 is 17.9 Å². The zero-order valence-electron chi connectivity index (χ0n) is 9.43. The van der Waals surface area contributed by atoms with Crippen LogP contribution in [0.2, 0.25) is 0 Å². The zero-order valence-corrected chi connectivity index (χ0v) is 10.2. The standard InChI is InChI=1S/C11H14FNO3S/c1-11(14)7-13(8-11)17(15,16)6-9-2-4-10(12)5-3-9/h2-5,14H,6-8H2,1H3. The molecule has 17 heavy (non-hydrogen) atoms. The summed E-state index contributed by atoms with van der Waals surface area (Å²) < 4.78 is 37.6. The van der Waals surface area contributed by atoms with Crippen LogP contribution in [0.1, 0.15) is 12.5 Å². The molecule has 0 saturated carbocycles. The van der Waals surface area contributed by atoms with Gasteiger partial charge in [0.05, 0.1) is 11.4 Å². The van der Waals surface area contributed by atoms with Crippen molar-refractivity contribution in [1.29, 1.82) is 0 Å². The maximum absolute atomic E-state index is 12.7. The quantitative estimate of drug-likeness (QED) is 0.870. The van der Waals surface area contributed by atoms with E-state index < -0.39 is 21.4 Å². The molecule has 1 aliphatic heterocycles. The van der Waals surface area contributed by atoms with Gasteiger partial charge in [-0.05, 0) is 24.6 Å². The molecule has 0 aliphatic carbocycles. The van der Waals surface area contributed by atoms with E-state index in [-0.39, 0.29) is 18.8 Å². The Morgan fingerprint density at radius 2 is 1.88 bits per heavy atom. The van der Waals surface area contributed by atoms with E-state index in [1.807, 2.05) is 0 Å². The molecule has 0 bridgehead atoms. The Morgan fingerprint density at radius 3 is 2.35 bits per heavy atom. The summed E-state index contributed by atoms with van der Waals surface area (Å²) in [6.07, 6.45) is 0. The molecule has 1 fully saturated rings. The first-order valence-corrected chi connectivity index (χ1v) is 6.84. The minimum Gasteiger partial charge on any atom is -0.387 e. The monoisotopic (exact) mass is 259 g/mol. The number of nitrogens with zero attached hydrogens (tertiary/aromatic N) is 1. The highest BCUT2D eigenvalue weighted by atomic mass is 32.2. The first kappa shape index (κ1) is 12.5. The van der Waals surface area contributed by atoms with Crippen LogP contribution < -0.4 is 0 Å². The predicted octanol–water partition coefficient (Wildman–Crippen LogP) is 0.722. The van der Waals surface area contributed by atoms with Crippen molar-refractivity contribution in [3.05, 3.63) is 35.6 Å². The summed E-state index contributed by atoms with van der Waals surface area (Å²) in [4.78, 5) is 0. The van der Waals surface area contributed by atoms with Gasteiger partial charge in [-0.3, -0.25) is 0 Å².